The number of nitrogens with zero attached hydrogens (tertiary/aromatic N) is 4. The number of halogens is 4. The molecule has 2 aromatic rings. The number of benzene rings is 1. The SMILES string of the molecule is CS(=O)(=O)c1ccc(O[C@H]2CCN(C3CCN(c4noc(C(F)(F)F)n4)CC3)C2=O)c(F)c1. The third-order valence-corrected chi connectivity index (χ3v) is 6.75. The van der Waals surface area contributed by atoms with E-state index in [4.69, 9.17) is 4.74 Å². The summed E-state index contributed by atoms with van der Waals surface area (Å²) in [5.74, 6) is -2.97. The lowest BCUT2D eigenvalue weighted by atomic mass is 10.0. The number of carbonyl (C=O) groups excluding carboxylic acids is 1. The summed E-state index contributed by atoms with van der Waals surface area (Å²) in [7, 11) is -3.58. The second-order valence-corrected chi connectivity index (χ2v) is 9.92. The summed E-state index contributed by atoms with van der Waals surface area (Å²) in [5.41, 5.74) is 0. The predicted octanol–water partition coefficient (Wildman–Crippen LogP) is 2.28. The maximum atomic E-state index is 14.3. The highest BCUT2D eigenvalue weighted by molar-refractivity contribution is 7.90. The normalized spacial score (nSPS) is 20.5. The van der Waals surface area contributed by atoms with Gasteiger partial charge in [-0.25, -0.2) is 12.8 Å². The highest BCUT2D eigenvalue weighted by Crippen LogP contribution is 2.31. The van der Waals surface area contributed by atoms with Gasteiger partial charge in [0.15, 0.2) is 27.5 Å². The Bertz CT molecular complexity index is 1150. The number of ether oxygens (including phenoxy) is 1. The fourth-order valence-corrected chi connectivity index (χ4v) is 4.58. The zero-order chi connectivity index (χ0) is 24.0. The molecule has 0 N–H and O–H groups in total. The van der Waals surface area contributed by atoms with Crippen LogP contribution in [0.1, 0.15) is 25.2 Å². The maximum Gasteiger partial charge on any atom is 0.471 e. The van der Waals surface area contributed by atoms with Crippen LogP contribution in [0.2, 0.25) is 0 Å². The molecule has 0 bridgehead atoms. The molecule has 2 fully saturated rings. The number of carbonyl (C=O) groups is 1. The van der Waals surface area contributed by atoms with E-state index in [0.29, 0.717) is 38.9 Å². The minimum absolute atomic E-state index is 0.150. The lowest BCUT2D eigenvalue weighted by molar-refractivity contribution is -0.159. The molecular formula is C19H20F4N4O5S. The molecule has 1 atom stereocenters. The molecule has 0 unspecified atom stereocenters. The van der Waals surface area contributed by atoms with Crippen molar-refractivity contribution >= 4 is 21.7 Å². The minimum atomic E-state index is -4.72. The Morgan fingerprint density at radius 3 is 2.42 bits per heavy atom. The summed E-state index contributed by atoms with van der Waals surface area (Å²) in [6.07, 6.45) is -3.39. The number of anilines is 1. The topological polar surface area (TPSA) is 106 Å². The van der Waals surface area contributed by atoms with Gasteiger partial charge in [0.05, 0.1) is 4.90 Å². The fraction of sp³-hybridized carbons (Fsp3) is 0.526. The summed E-state index contributed by atoms with van der Waals surface area (Å²) < 4.78 is 85.1. The fourth-order valence-electron chi connectivity index (χ4n) is 3.94. The standard InChI is InChI=1S/C19H20F4N4O5S/c1-33(29,30)12-2-3-14(13(20)10-12)31-15-6-9-27(16(15)28)11-4-7-26(8-5-11)18-24-17(32-25-18)19(21,22)23/h2-3,10-11,15H,4-9H2,1H3/t15-/m0/s1. The van der Waals surface area contributed by atoms with Crippen molar-refractivity contribution in [2.75, 3.05) is 30.8 Å². The van der Waals surface area contributed by atoms with E-state index >= 15 is 0 Å². The van der Waals surface area contributed by atoms with Crippen molar-refractivity contribution in [3.63, 3.8) is 0 Å². The van der Waals surface area contributed by atoms with Crippen molar-refractivity contribution in [1.82, 2.24) is 15.0 Å². The summed E-state index contributed by atoms with van der Waals surface area (Å²) in [6.45, 7) is 1.05. The Morgan fingerprint density at radius 2 is 1.85 bits per heavy atom. The van der Waals surface area contributed by atoms with Gasteiger partial charge in [-0.2, -0.15) is 18.2 Å². The van der Waals surface area contributed by atoms with Gasteiger partial charge in [0, 0.05) is 38.4 Å². The third kappa shape index (κ3) is 4.89. The molecule has 2 saturated heterocycles. The van der Waals surface area contributed by atoms with Gasteiger partial charge in [-0.3, -0.25) is 4.79 Å². The van der Waals surface area contributed by atoms with E-state index < -0.39 is 33.8 Å². The monoisotopic (exact) mass is 492 g/mol. The molecule has 1 aromatic heterocycles. The van der Waals surface area contributed by atoms with Crippen molar-refractivity contribution in [3.8, 4) is 5.75 Å². The van der Waals surface area contributed by atoms with Gasteiger partial charge in [-0.05, 0) is 36.2 Å². The molecule has 1 amide bonds. The van der Waals surface area contributed by atoms with Crippen LogP contribution in [0.15, 0.2) is 27.6 Å². The van der Waals surface area contributed by atoms with E-state index in [9.17, 15) is 30.8 Å². The minimum Gasteiger partial charge on any atom is -0.477 e. The van der Waals surface area contributed by atoms with Gasteiger partial charge in [-0.1, -0.05) is 0 Å². The first kappa shape index (κ1) is 23.3. The largest absolute Gasteiger partial charge is 0.477 e. The van der Waals surface area contributed by atoms with Gasteiger partial charge in [0.25, 0.3) is 11.9 Å². The summed E-state index contributed by atoms with van der Waals surface area (Å²) in [5, 5.41) is 3.38. The molecule has 0 spiro atoms. The molecule has 3 heterocycles. The molecule has 2 aliphatic rings. The lowest BCUT2D eigenvalue weighted by Gasteiger charge is -2.36. The van der Waals surface area contributed by atoms with E-state index in [1.165, 1.54) is 12.1 Å². The highest BCUT2D eigenvalue weighted by Gasteiger charge is 2.41. The number of aromatic nitrogens is 2. The average molecular weight is 492 g/mol. The van der Waals surface area contributed by atoms with Crippen LogP contribution in [0.3, 0.4) is 0 Å². The molecule has 4 rings (SSSR count). The molecule has 9 nitrogen and oxygen atoms in total. The van der Waals surface area contributed by atoms with Crippen LogP contribution >= 0.6 is 0 Å². The number of amides is 1. The Labute approximate surface area is 186 Å². The van der Waals surface area contributed by atoms with E-state index in [1.54, 1.807) is 9.80 Å². The van der Waals surface area contributed by atoms with Crippen LogP contribution in [0.4, 0.5) is 23.5 Å². The number of likely N-dealkylation sites (tertiary alicyclic amines) is 1. The molecular weight excluding hydrogens is 472 g/mol. The summed E-state index contributed by atoms with van der Waals surface area (Å²) in [6, 6.07) is 3.08. The Balaban J connectivity index is 1.35. The van der Waals surface area contributed by atoms with Crippen molar-refractivity contribution < 1.29 is 40.0 Å². The quantitative estimate of drug-likeness (QED) is 0.586. The second kappa shape index (κ2) is 8.47. The van der Waals surface area contributed by atoms with E-state index in [2.05, 4.69) is 14.7 Å². The molecule has 2 aliphatic heterocycles. The summed E-state index contributed by atoms with van der Waals surface area (Å²) >= 11 is 0. The molecule has 0 saturated carbocycles. The number of hydrogen-bond acceptors (Lipinski definition) is 8. The van der Waals surface area contributed by atoms with Crippen molar-refractivity contribution in [2.24, 2.45) is 0 Å². The first-order valence-electron chi connectivity index (χ1n) is 10.1. The smallest absolute Gasteiger partial charge is 0.471 e. The molecule has 1 aromatic carbocycles. The van der Waals surface area contributed by atoms with Crippen LogP contribution in [0, 0.1) is 5.82 Å². The van der Waals surface area contributed by atoms with Crippen LogP contribution in [-0.4, -0.2) is 67.4 Å². The van der Waals surface area contributed by atoms with Crippen LogP contribution in [-0.2, 0) is 20.8 Å². The first-order valence-corrected chi connectivity index (χ1v) is 12.0. The van der Waals surface area contributed by atoms with Gasteiger partial charge in [0.2, 0.25) is 0 Å². The average Bonchev–Trinajstić information content (AvgIpc) is 3.37. The third-order valence-electron chi connectivity index (χ3n) is 5.64. The zero-order valence-electron chi connectivity index (χ0n) is 17.4. The summed E-state index contributed by atoms with van der Waals surface area (Å²) in [4.78, 5) is 19.2. The molecule has 0 aliphatic carbocycles. The molecule has 0 radical (unpaired) electrons. The number of sulfone groups is 1. The van der Waals surface area contributed by atoms with Gasteiger partial charge >= 0.3 is 12.1 Å². The lowest BCUT2D eigenvalue weighted by Crippen LogP contribution is -2.47. The molecule has 180 valence electrons. The Hall–Kier alpha value is -2.90. The van der Waals surface area contributed by atoms with Gasteiger partial charge < -0.3 is 19.1 Å². The number of rotatable bonds is 5. The van der Waals surface area contributed by atoms with Gasteiger partial charge in [-0.15, -0.1) is 0 Å². The Morgan fingerprint density at radius 1 is 1.15 bits per heavy atom. The van der Waals surface area contributed by atoms with Crippen LogP contribution < -0.4 is 9.64 Å². The zero-order valence-corrected chi connectivity index (χ0v) is 18.2. The van der Waals surface area contributed by atoms with Crippen LogP contribution in [0.5, 0.6) is 5.75 Å². The molecule has 14 heteroatoms. The van der Waals surface area contributed by atoms with E-state index in [0.717, 1.165) is 12.3 Å². The number of hydrogen-bond donors (Lipinski definition) is 0. The Kier molecular flexibility index (Phi) is 5.97. The first-order chi connectivity index (χ1) is 15.4. The van der Waals surface area contributed by atoms with Crippen LogP contribution in [0.25, 0.3) is 0 Å². The van der Waals surface area contributed by atoms with E-state index in [1.807, 2.05) is 0 Å². The number of piperidine rings is 1. The van der Waals surface area contributed by atoms with Crippen molar-refractivity contribution in [1.29, 1.82) is 0 Å². The molecule has 33 heavy (non-hydrogen) atoms. The number of alkyl halides is 3. The van der Waals surface area contributed by atoms with E-state index in [-0.39, 0.29) is 28.5 Å². The van der Waals surface area contributed by atoms with Crippen molar-refractivity contribution in [3.05, 3.63) is 29.9 Å². The maximum absolute atomic E-state index is 14.3. The predicted molar refractivity (Wildman–Crippen MR) is 105 cm³/mol. The second-order valence-electron chi connectivity index (χ2n) is 7.91. The van der Waals surface area contributed by atoms with Gasteiger partial charge in [0.1, 0.15) is 0 Å². The van der Waals surface area contributed by atoms with Crippen molar-refractivity contribution in [2.45, 2.75) is 42.5 Å². The highest BCUT2D eigenvalue weighted by atomic mass is 32.2.